The second-order valence-corrected chi connectivity index (χ2v) is 4.34. The van der Waals surface area contributed by atoms with Gasteiger partial charge in [-0.1, -0.05) is 0 Å². The van der Waals surface area contributed by atoms with Gasteiger partial charge in [-0.3, -0.25) is 0 Å². The van der Waals surface area contributed by atoms with Gasteiger partial charge >= 0.3 is 0 Å². The van der Waals surface area contributed by atoms with E-state index in [1.54, 1.807) is 0 Å². The zero-order valence-corrected chi connectivity index (χ0v) is 7.17. The number of hydrogen-bond donors (Lipinski definition) is 1. The predicted octanol–water partition coefficient (Wildman–Crippen LogP) is 0.00400. The Balaban J connectivity index is 2.74. The van der Waals surface area contributed by atoms with Crippen LogP contribution in [0.1, 0.15) is 6.42 Å². The highest BCUT2D eigenvalue weighted by molar-refractivity contribution is 7.91. The summed E-state index contributed by atoms with van der Waals surface area (Å²) in [5, 5.41) is 10.1. The summed E-state index contributed by atoms with van der Waals surface area (Å²) >= 11 is 0. The van der Waals surface area contributed by atoms with Crippen molar-refractivity contribution in [3.8, 4) is 0 Å². The number of aromatic amines is 1. The first-order valence-electron chi connectivity index (χ1n) is 3.46. The first-order valence-corrected chi connectivity index (χ1v) is 5.11. The van der Waals surface area contributed by atoms with E-state index in [-0.39, 0.29) is 23.8 Å². The molecule has 0 fully saturated rings. The molecule has 67 valence electrons. The standard InChI is InChI=1S/C6H9N2O3S/c9-2-1-3-12(10,11)6-4-7-5-8-6/h4-5H,1-3H2,(H,7,8). The number of aromatic nitrogens is 2. The van der Waals surface area contributed by atoms with Gasteiger partial charge in [0.05, 0.1) is 18.7 Å². The molecule has 0 unspecified atom stereocenters. The van der Waals surface area contributed by atoms with Gasteiger partial charge in [0.15, 0.2) is 14.9 Å². The SMILES string of the molecule is [O]CCCS(=O)(=O)c1c[nH]cn1. The third-order valence-electron chi connectivity index (χ3n) is 1.35. The summed E-state index contributed by atoms with van der Waals surface area (Å²) in [6.45, 7) is -0.371. The van der Waals surface area contributed by atoms with Gasteiger partial charge in [-0.05, 0) is 6.42 Å². The van der Waals surface area contributed by atoms with E-state index >= 15 is 0 Å². The summed E-state index contributed by atoms with van der Waals surface area (Å²) in [6, 6.07) is 0. The van der Waals surface area contributed by atoms with Gasteiger partial charge in [0.2, 0.25) is 0 Å². The van der Waals surface area contributed by atoms with Crippen molar-refractivity contribution in [2.75, 3.05) is 12.4 Å². The molecule has 1 aromatic rings. The zero-order valence-electron chi connectivity index (χ0n) is 6.36. The van der Waals surface area contributed by atoms with Crippen molar-refractivity contribution in [2.45, 2.75) is 11.4 Å². The van der Waals surface area contributed by atoms with Crippen LogP contribution in [-0.2, 0) is 14.9 Å². The van der Waals surface area contributed by atoms with E-state index in [1.165, 1.54) is 12.5 Å². The van der Waals surface area contributed by atoms with Crippen molar-refractivity contribution in [1.29, 1.82) is 0 Å². The molecule has 1 radical (unpaired) electrons. The highest BCUT2D eigenvalue weighted by Gasteiger charge is 2.15. The minimum absolute atomic E-state index is 0.0101. The zero-order chi connectivity index (χ0) is 9.03. The Labute approximate surface area is 70.4 Å². The maximum absolute atomic E-state index is 11.2. The Morgan fingerprint density at radius 1 is 1.50 bits per heavy atom. The van der Waals surface area contributed by atoms with Crippen LogP contribution in [0.4, 0.5) is 0 Å². The second-order valence-electron chi connectivity index (χ2n) is 2.28. The molecule has 1 rings (SSSR count). The lowest BCUT2D eigenvalue weighted by molar-refractivity contribution is 0.194. The van der Waals surface area contributed by atoms with Crippen molar-refractivity contribution < 1.29 is 13.5 Å². The van der Waals surface area contributed by atoms with E-state index in [0.717, 1.165) is 0 Å². The molecule has 12 heavy (non-hydrogen) atoms. The van der Waals surface area contributed by atoms with Gasteiger partial charge in [0.25, 0.3) is 0 Å². The minimum atomic E-state index is -3.32. The second kappa shape index (κ2) is 3.68. The van der Waals surface area contributed by atoms with E-state index in [2.05, 4.69) is 9.97 Å². The molecule has 0 aromatic carbocycles. The fourth-order valence-electron chi connectivity index (χ4n) is 0.770. The lowest BCUT2D eigenvalue weighted by atomic mass is 10.5. The summed E-state index contributed by atoms with van der Waals surface area (Å²) in [4.78, 5) is 6.14. The molecule has 0 atom stereocenters. The molecule has 0 bridgehead atoms. The quantitative estimate of drug-likeness (QED) is 0.723. The molecule has 1 aromatic heterocycles. The van der Waals surface area contributed by atoms with E-state index in [1.807, 2.05) is 0 Å². The van der Waals surface area contributed by atoms with Gasteiger partial charge in [0.1, 0.15) is 0 Å². The van der Waals surface area contributed by atoms with Gasteiger partial charge in [0, 0.05) is 6.20 Å². The molecule has 0 aliphatic heterocycles. The first-order chi connectivity index (χ1) is 5.67. The van der Waals surface area contributed by atoms with Crippen LogP contribution in [0.15, 0.2) is 17.6 Å². The summed E-state index contributed by atoms with van der Waals surface area (Å²) in [6.07, 6.45) is 2.74. The summed E-state index contributed by atoms with van der Waals surface area (Å²) in [7, 11) is -3.32. The number of sulfone groups is 1. The largest absolute Gasteiger partial charge is 0.350 e. The highest BCUT2D eigenvalue weighted by Crippen LogP contribution is 2.06. The number of H-pyrrole nitrogens is 1. The molecule has 0 saturated heterocycles. The van der Waals surface area contributed by atoms with Crippen LogP contribution >= 0.6 is 0 Å². The van der Waals surface area contributed by atoms with Crippen LogP contribution in [0, 0.1) is 0 Å². The maximum atomic E-state index is 11.2. The Morgan fingerprint density at radius 3 is 2.75 bits per heavy atom. The highest BCUT2D eigenvalue weighted by atomic mass is 32.2. The van der Waals surface area contributed by atoms with Crippen LogP contribution in [0.5, 0.6) is 0 Å². The van der Waals surface area contributed by atoms with E-state index < -0.39 is 9.84 Å². The molecule has 0 aliphatic rings. The molecule has 1 heterocycles. The molecule has 0 aliphatic carbocycles. The van der Waals surface area contributed by atoms with Gasteiger partial charge in [-0.2, -0.15) is 0 Å². The molecule has 6 heteroatoms. The number of rotatable bonds is 4. The van der Waals surface area contributed by atoms with Gasteiger partial charge < -0.3 is 4.98 Å². The van der Waals surface area contributed by atoms with Crippen molar-refractivity contribution >= 4 is 9.84 Å². The van der Waals surface area contributed by atoms with Crippen LogP contribution in [-0.4, -0.2) is 30.7 Å². The Morgan fingerprint density at radius 2 is 2.25 bits per heavy atom. The Hall–Kier alpha value is -0.880. The monoisotopic (exact) mass is 189 g/mol. The average molecular weight is 189 g/mol. The predicted molar refractivity (Wildman–Crippen MR) is 40.8 cm³/mol. The maximum Gasteiger partial charge on any atom is 0.197 e. The molecule has 0 spiro atoms. The van der Waals surface area contributed by atoms with Crippen LogP contribution in [0.2, 0.25) is 0 Å². The number of hydrogen-bond acceptors (Lipinski definition) is 3. The van der Waals surface area contributed by atoms with E-state index in [0.29, 0.717) is 0 Å². The first kappa shape index (κ1) is 9.21. The van der Waals surface area contributed by atoms with Crippen molar-refractivity contribution in [3.63, 3.8) is 0 Å². The fourth-order valence-corrected chi connectivity index (χ4v) is 1.94. The van der Waals surface area contributed by atoms with Crippen LogP contribution in [0.3, 0.4) is 0 Å². The van der Waals surface area contributed by atoms with Gasteiger partial charge in [-0.15, -0.1) is 0 Å². The van der Waals surface area contributed by atoms with E-state index in [9.17, 15) is 13.5 Å². The van der Waals surface area contributed by atoms with E-state index in [4.69, 9.17) is 0 Å². The lowest BCUT2D eigenvalue weighted by Crippen LogP contribution is -2.08. The minimum Gasteiger partial charge on any atom is -0.350 e. The van der Waals surface area contributed by atoms with Crippen molar-refractivity contribution in [1.82, 2.24) is 9.97 Å². The summed E-state index contributed by atoms with van der Waals surface area (Å²) in [5.41, 5.74) is 0. The summed E-state index contributed by atoms with van der Waals surface area (Å²) in [5.74, 6) is -0.124. The van der Waals surface area contributed by atoms with Gasteiger partial charge in [-0.25, -0.2) is 18.5 Å². The molecular weight excluding hydrogens is 180 g/mol. The smallest absolute Gasteiger partial charge is 0.197 e. The third-order valence-corrected chi connectivity index (χ3v) is 3.04. The average Bonchev–Trinajstić information content (AvgIpc) is 2.53. The molecule has 5 nitrogen and oxygen atoms in total. The van der Waals surface area contributed by atoms with Crippen LogP contribution in [0.25, 0.3) is 0 Å². The molecular formula is C6H9N2O3S. The number of nitrogens with one attached hydrogen (secondary N) is 1. The normalized spacial score (nSPS) is 11.8. The third kappa shape index (κ3) is 2.05. The Kier molecular flexibility index (Phi) is 2.83. The van der Waals surface area contributed by atoms with Crippen molar-refractivity contribution in [2.24, 2.45) is 0 Å². The Bertz CT molecular complexity index is 317. The molecule has 0 amide bonds. The van der Waals surface area contributed by atoms with Crippen molar-refractivity contribution in [3.05, 3.63) is 12.5 Å². The molecule has 1 N–H and O–H groups in total. The van der Waals surface area contributed by atoms with Crippen LogP contribution < -0.4 is 0 Å². The topological polar surface area (TPSA) is 82.7 Å². The summed E-state index contributed by atoms with van der Waals surface area (Å²) < 4.78 is 22.5. The fraction of sp³-hybridized carbons (Fsp3) is 0.500. The number of imidazole rings is 1. The number of nitrogens with zero attached hydrogens (tertiary/aromatic N) is 1. The molecule has 0 saturated carbocycles. The lowest BCUT2D eigenvalue weighted by Gasteiger charge is -1.96.